The van der Waals surface area contributed by atoms with Crippen molar-refractivity contribution in [2.75, 3.05) is 13.6 Å². The number of carbonyl (C=O) groups is 1. The van der Waals surface area contributed by atoms with E-state index in [1.54, 1.807) is 0 Å². The number of nitrogens with zero attached hydrogens (tertiary/aromatic N) is 1. The number of carbonyl (C=O) groups excluding carboxylic acids is 1. The Morgan fingerprint density at radius 1 is 1.54 bits per heavy atom. The lowest BCUT2D eigenvalue weighted by Gasteiger charge is -2.34. The molecule has 1 aliphatic rings. The predicted octanol–water partition coefficient (Wildman–Crippen LogP) is 1.45. The van der Waals surface area contributed by atoms with Gasteiger partial charge in [-0.1, -0.05) is 0 Å². The van der Waals surface area contributed by atoms with Crippen LogP contribution < -0.4 is 5.32 Å². The van der Waals surface area contributed by atoms with Crippen LogP contribution in [-0.2, 0) is 0 Å². The fraction of sp³-hybridized carbons (Fsp3) is 0.875. The van der Waals surface area contributed by atoms with Crippen LogP contribution in [0.15, 0.2) is 0 Å². The zero-order valence-corrected chi connectivity index (χ0v) is 7.59. The fourth-order valence-corrected chi connectivity index (χ4v) is 1.62. The predicted molar refractivity (Wildman–Crippen MR) is 44.8 cm³/mol. The summed E-state index contributed by atoms with van der Waals surface area (Å²) in [6.07, 6.45) is -0.429. The average molecular weight is 192 g/mol. The lowest BCUT2D eigenvalue weighted by molar-refractivity contribution is 0.0240. The van der Waals surface area contributed by atoms with Gasteiger partial charge in [-0.2, -0.15) is 0 Å². The van der Waals surface area contributed by atoms with Crippen molar-refractivity contribution in [3.8, 4) is 0 Å². The Labute approximate surface area is 76.1 Å². The molecule has 1 N–H and O–H groups in total. The fourth-order valence-electron chi connectivity index (χ4n) is 1.62. The zero-order chi connectivity index (χ0) is 9.84. The van der Waals surface area contributed by atoms with E-state index in [9.17, 15) is 13.6 Å². The number of amides is 2. The van der Waals surface area contributed by atoms with Gasteiger partial charge in [-0.25, -0.2) is 13.6 Å². The highest BCUT2D eigenvalue weighted by molar-refractivity contribution is 5.74. The Balaban J connectivity index is 2.61. The maximum Gasteiger partial charge on any atom is 0.317 e. The van der Waals surface area contributed by atoms with Gasteiger partial charge < -0.3 is 10.2 Å². The summed E-state index contributed by atoms with van der Waals surface area (Å²) in [6.45, 7) is 0.439. The molecule has 1 rings (SSSR count). The first-order valence-electron chi connectivity index (χ1n) is 4.43. The average Bonchev–Trinajstić information content (AvgIpc) is 2.16. The van der Waals surface area contributed by atoms with Crippen molar-refractivity contribution in [1.82, 2.24) is 10.2 Å². The second kappa shape index (κ2) is 4.39. The molecule has 0 spiro atoms. The third kappa shape index (κ3) is 2.29. The van der Waals surface area contributed by atoms with Crippen LogP contribution in [0.3, 0.4) is 0 Å². The standard InChI is InChI=1S/C8H14F2N2O/c1-11-8(13)12-5-3-2-4-6(12)7(9)10/h6-7H,2-5H2,1H3,(H,11,13). The minimum Gasteiger partial charge on any atom is -0.341 e. The SMILES string of the molecule is CNC(=O)N1CCCCC1C(F)F. The lowest BCUT2D eigenvalue weighted by Crippen LogP contribution is -2.50. The van der Waals surface area contributed by atoms with Gasteiger partial charge >= 0.3 is 6.03 Å². The van der Waals surface area contributed by atoms with Gasteiger partial charge in [0.2, 0.25) is 0 Å². The van der Waals surface area contributed by atoms with E-state index < -0.39 is 18.5 Å². The molecule has 0 bridgehead atoms. The lowest BCUT2D eigenvalue weighted by atomic mass is 10.0. The summed E-state index contributed by atoms with van der Waals surface area (Å²) in [5.74, 6) is 0. The first-order valence-corrected chi connectivity index (χ1v) is 4.43. The summed E-state index contributed by atoms with van der Waals surface area (Å²) in [5.41, 5.74) is 0. The number of likely N-dealkylation sites (tertiary alicyclic amines) is 1. The molecular weight excluding hydrogens is 178 g/mol. The van der Waals surface area contributed by atoms with E-state index in [-0.39, 0.29) is 0 Å². The highest BCUT2D eigenvalue weighted by atomic mass is 19.3. The molecule has 76 valence electrons. The Kier molecular flexibility index (Phi) is 3.45. The van der Waals surface area contributed by atoms with E-state index in [2.05, 4.69) is 5.32 Å². The van der Waals surface area contributed by atoms with Crippen molar-refractivity contribution in [3.05, 3.63) is 0 Å². The van der Waals surface area contributed by atoms with Crippen LogP contribution in [0.2, 0.25) is 0 Å². The van der Waals surface area contributed by atoms with Crippen molar-refractivity contribution in [2.45, 2.75) is 31.7 Å². The van der Waals surface area contributed by atoms with E-state index in [1.807, 2.05) is 0 Å². The van der Waals surface area contributed by atoms with Crippen molar-refractivity contribution >= 4 is 6.03 Å². The van der Waals surface area contributed by atoms with Crippen LogP contribution in [0.1, 0.15) is 19.3 Å². The van der Waals surface area contributed by atoms with E-state index in [0.717, 1.165) is 12.8 Å². The largest absolute Gasteiger partial charge is 0.341 e. The van der Waals surface area contributed by atoms with Gasteiger partial charge in [0.25, 0.3) is 6.43 Å². The molecule has 0 aromatic rings. The van der Waals surface area contributed by atoms with Gasteiger partial charge in [0, 0.05) is 13.6 Å². The molecule has 13 heavy (non-hydrogen) atoms. The van der Waals surface area contributed by atoms with Gasteiger partial charge in [0.05, 0.1) is 6.04 Å². The summed E-state index contributed by atoms with van der Waals surface area (Å²) in [5, 5.41) is 2.37. The molecule has 1 atom stereocenters. The second-order valence-electron chi connectivity index (χ2n) is 3.15. The number of hydrogen-bond donors (Lipinski definition) is 1. The zero-order valence-electron chi connectivity index (χ0n) is 7.59. The molecule has 1 unspecified atom stereocenters. The topological polar surface area (TPSA) is 32.3 Å². The first-order chi connectivity index (χ1) is 6.16. The van der Waals surface area contributed by atoms with Crippen LogP contribution in [0, 0.1) is 0 Å². The van der Waals surface area contributed by atoms with E-state index in [4.69, 9.17) is 0 Å². The third-order valence-corrected chi connectivity index (χ3v) is 2.31. The highest BCUT2D eigenvalue weighted by Gasteiger charge is 2.32. The quantitative estimate of drug-likeness (QED) is 0.670. The van der Waals surface area contributed by atoms with E-state index >= 15 is 0 Å². The Morgan fingerprint density at radius 3 is 2.77 bits per heavy atom. The molecule has 0 saturated carbocycles. The van der Waals surface area contributed by atoms with Crippen LogP contribution >= 0.6 is 0 Å². The van der Waals surface area contributed by atoms with Crippen LogP contribution in [0.4, 0.5) is 13.6 Å². The van der Waals surface area contributed by atoms with Crippen LogP contribution in [0.25, 0.3) is 0 Å². The molecule has 5 heteroatoms. The number of rotatable bonds is 1. The number of nitrogens with one attached hydrogen (secondary N) is 1. The van der Waals surface area contributed by atoms with Gasteiger partial charge in [-0.15, -0.1) is 0 Å². The number of halogens is 2. The highest BCUT2D eigenvalue weighted by Crippen LogP contribution is 2.21. The summed E-state index contributed by atoms with van der Waals surface area (Å²) >= 11 is 0. The summed E-state index contributed by atoms with van der Waals surface area (Å²) in [4.78, 5) is 12.4. The molecule has 0 aromatic heterocycles. The second-order valence-corrected chi connectivity index (χ2v) is 3.15. The minimum absolute atomic E-state index is 0.398. The molecule has 1 saturated heterocycles. The van der Waals surface area contributed by atoms with Crippen molar-refractivity contribution < 1.29 is 13.6 Å². The third-order valence-electron chi connectivity index (χ3n) is 2.31. The molecule has 3 nitrogen and oxygen atoms in total. The van der Waals surface area contributed by atoms with Gasteiger partial charge in [-0.3, -0.25) is 0 Å². The number of hydrogen-bond acceptors (Lipinski definition) is 1. The molecule has 1 heterocycles. The number of urea groups is 1. The smallest absolute Gasteiger partial charge is 0.317 e. The molecule has 0 aliphatic carbocycles. The van der Waals surface area contributed by atoms with Crippen LogP contribution in [0.5, 0.6) is 0 Å². The van der Waals surface area contributed by atoms with Gasteiger partial charge in [0.15, 0.2) is 0 Å². The summed E-state index contributed by atoms with van der Waals surface area (Å²) in [7, 11) is 1.46. The molecule has 0 radical (unpaired) electrons. The van der Waals surface area contributed by atoms with E-state index in [0.29, 0.717) is 13.0 Å². The Bertz CT molecular complexity index is 187. The molecular formula is C8H14F2N2O. The van der Waals surface area contributed by atoms with Crippen LogP contribution in [-0.4, -0.2) is 37.0 Å². The monoisotopic (exact) mass is 192 g/mol. The van der Waals surface area contributed by atoms with E-state index in [1.165, 1.54) is 11.9 Å². The van der Waals surface area contributed by atoms with Crippen molar-refractivity contribution in [2.24, 2.45) is 0 Å². The molecule has 1 fully saturated rings. The van der Waals surface area contributed by atoms with Gasteiger partial charge in [0.1, 0.15) is 0 Å². The Hall–Kier alpha value is -0.870. The van der Waals surface area contributed by atoms with Gasteiger partial charge in [-0.05, 0) is 19.3 Å². The molecule has 2 amide bonds. The summed E-state index contributed by atoms with van der Waals surface area (Å²) < 4.78 is 24.9. The van der Waals surface area contributed by atoms with Crippen molar-refractivity contribution in [3.63, 3.8) is 0 Å². The Morgan fingerprint density at radius 2 is 2.23 bits per heavy atom. The number of piperidine rings is 1. The molecule has 1 aliphatic heterocycles. The normalized spacial score (nSPS) is 23.4. The number of alkyl halides is 2. The maximum absolute atomic E-state index is 12.4. The minimum atomic E-state index is -2.43. The van der Waals surface area contributed by atoms with Crippen molar-refractivity contribution in [1.29, 1.82) is 0 Å². The molecule has 0 aromatic carbocycles. The summed E-state index contributed by atoms with van der Waals surface area (Å²) in [6, 6.07) is -1.29. The maximum atomic E-state index is 12.4. The first kappa shape index (κ1) is 10.2.